The molecule has 144 valence electrons. The van der Waals surface area contributed by atoms with Gasteiger partial charge in [-0.3, -0.25) is 4.79 Å². The minimum Gasteiger partial charge on any atom is -0.486 e. The molecule has 2 bridgehead atoms. The van der Waals surface area contributed by atoms with E-state index in [0.717, 1.165) is 0 Å². The number of aromatic nitrogens is 3. The Kier molecular flexibility index (Phi) is 3.65. The Balaban J connectivity index is 1.73. The molecular formula is C19H18FN5O3. The first kappa shape index (κ1) is 16.8. The number of rotatable bonds is 0. The molecule has 0 fully saturated rings. The monoisotopic (exact) mass is 383 g/mol. The summed E-state index contributed by atoms with van der Waals surface area (Å²) in [6, 6.07) is 4.36. The highest BCUT2D eigenvalue weighted by molar-refractivity contribution is 6.00. The zero-order chi connectivity index (χ0) is 19.4. The first-order valence-corrected chi connectivity index (χ1v) is 9.03. The van der Waals surface area contributed by atoms with Gasteiger partial charge in [-0.2, -0.15) is 5.10 Å². The van der Waals surface area contributed by atoms with Gasteiger partial charge in [-0.05, 0) is 32.0 Å². The van der Waals surface area contributed by atoms with Crippen molar-refractivity contribution in [2.24, 2.45) is 0 Å². The van der Waals surface area contributed by atoms with Gasteiger partial charge in [0.15, 0.2) is 23.4 Å². The van der Waals surface area contributed by atoms with Gasteiger partial charge in [-0.15, -0.1) is 0 Å². The molecule has 2 aliphatic heterocycles. The highest BCUT2D eigenvalue weighted by Crippen LogP contribution is 2.35. The van der Waals surface area contributed by atoms with Gasteiger partial charge in [0.1, 0.15) is 23.7 Å². The van der Waals surface area contributed by atoms with E-state index in [2.05, 4.69) is 15.4 Å². The Labute approximate surface area is 159 Å². The lowest BCUT2D eigenvalue weighted by molar-refractivity contribution is 0.0851. The lowest BCUT2D eigenvalue weighted by Crippen LogP contribution is -2.42. The van der Waals surface area contributed by atoms with E-state index >= 15 is 0 Å². The third-order valence-corrected chi connectivity index (χ3v) is 4.97. The molecule has 0 spiro atoms. The van der Waals surface area contributed by atoms with Crippen molar-refractivity contribution in [2.45, 2.75) is 32.7 Å². The van der Waals surface area contributed by atoms with Crippen LogP contribution in [0.1, 0.15) is 29.8 Å². The van der Waals surface area contributed by atoms with Crippen molar-refractivity contribution >= 4 is 17.4 Å². The van der Waals surface area contributed by atoms with Crippen LogP contribution in [0.2, 0.25) is 0 Å². The maximum atomic E-state index is 14.0. The number of amides is 1. The topological polar surface area (TPSA) is 81.0 Å². The van der Waals surface area contributed by atoms with E-state index in [4.69, 9.17) is 9.47 Å². The molecule has 2 aromatic heterocycles. The molecule has 0 saturated heterocycles. The largest absolute Gasteiger partial charge is 0.486 e. The molecule has 5 rings (SSSR count). The SMILES string of the molecule is C[C@@H]1COc2cn3ncc4c3nc2N1Cc1cc(F)ccc1O[C@@H](C)NC4=O. The fraction of sp³-hybridized carbons (Fsp3) is 0.316. The van der Waals surface area contributed by atoms with Crippen LogP contribution >= 0.6 is 0 Å². The van der Waals surface area contributed by atoms with Crippen molar-refractivity contribution in [1.82, 2.24) is 19.9 Å². The smallest absolute Gasteiger partial charge is 0.259 e. The van der Waals surface area contributed by atoms with Crippen molar-refractivity contribution in [1.29, 1.82) is 0 Å². The van der Waals surface area contributed by atoms with E-state index in [0.29, 0.717) is 47.2 Å². The normalized spacial score (nSPS) is 21.2. The van der Waals surface area contributed by atoms with Gasteiger partial charge in [0.25, 0.3) is 5.91 Å². The lowest BCUT2D eigenvalue weighted by atomic mass is 10.1. The molecule has 3 aromatic rings. The van der Waals surface area contributed by atoms with Gasteiger partial charge in [0.2, 0.25) is 0 Å². The molecule has 1 amide bonds. The molecule has 8 nitrogen and oxygen atoms in total. The molecular weight excluding hydrogens is 365 g/mol. The summed E-state index contributed by atoms with van der Waals surface area (Å²) in [6.45, 7) is 4.57. The third-order valence-electron chi connectivity index (χ3n) is 4.97. The number of nitrogens with zero attached hydrogens (tertiary/aromatic N) is 4. The van der Waals surface area contributed by atoms with Crippen LogP contribution in [0, 0.1) is 5.82 Å². The van der Waals surface area contributed by atoms with Crippen molar-refractivity contribution in [2.75, 3.05) is 11.5 Å². The van der Waals surface area contributed by atoms with Gasteiger partial charge in [-0.1, -0.05) is 0 Å². The number of anilines is 1. The van der Waals surface area contributed by atoms with Gasteiger partial charge < -0.3 is 19.7 Å². The van der Waals surface area contributed by atoms with Gasteiger partial charge in [-0.25, -0.2) is 13.9 Å². The van der Waals surface area contributed by atoms with E-state index in [9.17, 15) is 9.18 Å². The zero-order valence-electron chi connectivity index (χ0n) is 15.3. The summed E-state index contributed by atoms with van der Waals surface area (Å²) >= 11 is 0. The van der Waals surface area contributed by atoms with Crippen LogP contribution in [-0.2, 0) is 6.54 Å². The van der Waals surface area contributed by atoms with E-state index < -0.39 is 6.23 Å². The summed E-state index contributed by atoms with van der Waals surface area (Å²) in [5, 5.41) is 7.00. The molecule has 0 aliphatic carbocycles. The van der Waals surface area contributed by atoms with E-state index in [1.165, 1.54) is 22.8 Å². The number of hydrogen-bond acceptors (Lipinski definition) is 6. The first-order valence-electron chi connectivity index (χ1n) is 9.03. The lowest BCUT2D eigenvalue weighted by Gasteiger charge is -2.36. The average Bonchev–Trinajstić information content (AvgIpc) is 3.07. The Bertz CT molecular complexity index is 1100. The fourth-order valence-electron chi connectivity index (χ4n) is 3.55. The number of ether oxygens (including phenoxy) is 2. The number of nitrogens with one attached hydrogen (secondary N) is 1. The van der Waals surface area contributed by atoms with Crippen LogP contribution in [0.15, 0.2) is 30.6 Å². The van der Waals surface area contributed by atoms with Crippen LogP contribution in [0.25, 0.3) is 5.65 Å². The van der Waals surface area contributed by atoms with Crippen LogP contribution in [0.3, 0.4) is 0 Å². The maximum Gasteiger partial charge on any atom is 0.259 e. The number of benzene rings is 1. The quantitative estimate of drug-likeness (QED) is 0.641. The van der Waals surface area contributed by atoms with Crippen molar-refractivity contribution in [3.63, 3.8) is 0 Å². The molecule has 1 N–H and O–H groups in total. The van der Waals surface area contributed by atoms with Gasteiger partial charge >= 0.3 is 0 Å². The van der Waals surface area contributed by atoms with Crippen LogP contribution < -0.4 is 19.7 Å². The first-order chi connectivity index (χ1) is 13.5. The molecule has 0 unspecified atom stereocenters. The summed E-state index contributed by atoms with van der Waals surface area (Å²) in [7, 11) is 0. The number of carbonyl (C=O) groups excluding carboxylic acids is 1. The summed E-state index contributed by atoms with van der Waals surface area (Å²) in [5.74, 6) is 0.949. The second-order valence-electron chi connectivity index (χ2n) is 7.03. The number of fused-ring (bicyclic) bond motifs is 1. The van der Waals surface area contributed by atoms with Crippen LogP contribution in [-0.4, -0.2) is 39.4 Å². The van der Waals surface area contributed by atoms with E-state index in [1.807, 2.05) is 11.8 Å². The molecule has 9 heteroatoms. The summed E-state index contributed by atoms with van der Waals surface area (Å²) in [5.41, 5.74) is 1.43. The summed E-state index contributed by atoms with van der Waals surface area (Å²) < 4.78 is 27.2. The Hall–Kier alpha value is -3.36. The molecule has 4 heterocycles. The zero-order valence-corrected chi connectivity index (χ0v) is 15.3. The molecule has 2 aliphatic rings. The van der Waals surface area contributed by atoms with Gasteiger partial charge in [0.05, 0.1) is 18.4 Å². The number of hydrogen-bond donors (Lipinski definition) is 1. The number of carbonyl (C=O) groups is 1. The second-order valence-corrected chi connectivity index (χ2v) is 7.03. The van der Waals surface area contributed by atoms with Crippen LogP contribution in [0.4, 0.5) is 10.2 Å². The third kappa shape index (κ3) is 2.62. The molecule has 28 heavy (non-hydrogen) atoms. The van der Waals surface area contributed by atoms with Gasteiger partial charge in [0, 0.05) is 12.1 Å². The van der Waals surface area contributed by atoms with Crippen molar-refractivity contribution < 1.29 is 18.7 Å². The van der Waals surface area contributed by atoms with Crippen molar-refractivity contribution in [3.05, 3.63) is 47.5 Å². The van der Waals surface area contributed by atoms with Crippen molar-refractivity contribution in [3.8, 4) is 11.5 Å². The minimum atomic E-state index is -0.619. The predicted octanol–water partition coefficient (Wildman–Crippen LogP) is 2.12. The highest BCUT2D eigenvalue weighted by atomic mass is 19.1. The fourth-order valence-corrected chi connectivity index (χ4v) is 3.55. The predicted molar refractivity (Wildman–Crippen MR) is 98.1 cm³/mol. The summed E-state index contributed by atoms with van der Waals surface area (Å²) in [6.07, 6.45) is 2.57. The Morgan fingerprint density at radius 1 is 1.29 bits per heavy atom. The molecule has 2 atom stereocenters. The Morgan fingerprint density at radius 2 is 2.14 bits per heavy atom. The van der Waals surface area contributed by atoms with E-state index in [-0.39, 0.29) is 17.8 Å². The second kappa shape index (κ2) is 6.08. The molecule has 0 radical (unpaired) electrons. The Morgan fingerprint density at radius 3 is 3.00 bits per heavy atom. The molecule has 0 saturated carbocycles. The standard InChI is InChI=1S/C19H18FN5O3/c1-10-9-27-16-8-25-17-14(6-21-25)19(26)22-11(2)28-15-4-3-13(20)5-12(15)7-24(10)18(16)23-17/h3-6,8,10-11H,7,9H2,1-2H3,(H,22,26)/t10-,11+/m1/s1. The average molecular weight is 383 g/mol. The number of halogens is 1. The van der Waals surface area contributed by atoms with E-state index in [1.54, 1.807) is 19.2 Å². The minimum absolute atomic E-state index is 0.000806. The maximum absolute atomic E-state index is 14.0. The summed E-state index contributed by atoms with van der Waals surface area (Å²) in [4.78, 5) is 19.4. The molecule has 1 aromatic carbocycles. The van der Waals surface area contributed by atoms with Crippen LogP contribution in [0.5, 0.6) is 11.5 Å². The highest BCUT2D eigenvalue weighted by Gasteiger charge is 2.30.